The molecule has 0 amide bonds. The molecule has 0 aromatic rings. The van der Waals surface area contributed by atoms with E-state index >= 15 is 0 Å². The van der Waals surface area contributed by atoms with Gasteiger partial charge in [-0.2, -0.15) is 0 Å². The van der Waals surface area contributed by atoms with Gasteiger partial charge in [0.15, 0.2) is 0 Å². The lowest BCUT2D eigenvalue weighted by Crippen LogP contribution is -2.59. The summed E-state index contributed by atoms with van der Waals surface area (Å²) in [5.74, 6) is 4.25. The molecule has 1 unspecified atom stereocenters. The summed E-state index contributed by atoms with van der Waals surface area (Å²) in [6.07, 6.45) is 7.73. The molecule has 0 spiro atoms. The largest absolute Gasteiger partial charge is 0.314 e. The Morgan fingerprint density at radius 3 is 2.21 bits per heavy atom. The molecule has 3 heteroatoms. The topological polar surface area (TPSA) is 27.3 Å². The predicted octanol–water partition coefficient (Wildman–Crippen LogP) is 1.30. The molecule has 1 saturated heterocycles. The van der Waals surface area contributed by atoms with Gasteiger partial charge in [0.2, 0.25) is 0 Å². The molecule has 3 nitrogen and oxygen atoms in total. The Balaban J connectivity index is 1.40. The van der Waals surface area contributed by atoms with E-state index in [1.807, 2.05) is 0 Å². The molecule has 5 rings (SSSR count). The molecule has 4 saturated carbocycles. The van der Waals surface area contributed by atoms with Crippen LogP contribution in [0.25, 0.3) is 0 Å². The maximum Gasteiger partial charge on any atom is 0.0320 e. The summed E-state index contributed by atoms with van der Waals surface area (Å²) in [5.41, 5.74) is 0. The van der Waals surface area contributed by atoms with E-state index in [1.54, 1.807) is 32.1 Å². The van der Waals surface area contributed by atoms with Crippen molar-refractivity contribution in [3.05, 3.63) is 0 Å². The number of rotatable bonds is 3. The highest BCUT2D eigenvalue weighted by Crippen LogP contribution is 2.54. The lowest BCUT2D eigenvalue weighted by atomic mass is 9.54. The average molecular weight is 263 g/mol. The zero-order valence-corrected chi connectivity index (χ0v) is 12.3. The molecule has 1 aliphatic heterocycles. The Hall–Kier alpha value is -0.120. The summed E-state index contributed by atoms with van der Waals surface area (Å²) in [4.78, 5) is 2.72. The molecule has 108 valence electrons. The van der Waals surface area contributed by atoms with E-state index in [4.69, 9.17) is 0 Å². The number of hydrogen-bond donors (Lipinski definition) is 2. The van der Waals surface area contributed by atoms with E-state index in [2.05, 4.69) is 22.6 Å². The monoisotopic (exact) mass is 263 g/mol. The van der Waals surface area contributed by atoms with E-state index in [0.717, 1.165) is 49.3 Å². The van der Waals surface area contributed by atoms with E-state index in [1.165, 1.54) is 6.54 Å². The van der Waals surface area contributed by atoms with Crippen molar-refractivity contribution in [2.75, 3.05) is 33.2 Å². The first-order valence-electron chi connectivity index (χ1n) is 8.44. The molecule has 5 aliphatic rings. The van der Waals surface area contributed by atoms with Crippen molar-refractivity contribution in [3.8, 4) is 0 Å². The van der Waals surface area contributed by atoms with Crippen molar-refractivity contribution in [3.63, 3.8) is 0 Å². The molecule has 0 aromatic heterocycles. The van der Waals surface area contributed by atoms with Gasteiger partial charge < -0.3 is 15.5 Å². The fourth-order valence-electron chi connectivity index (χ4n) is 5.93. The summed E-state index contributed by atoms with van der Waals surface area (Å²) >= 11 is 0. The molecule has 5 fully saturated rings. The SMILES string of the molecule is CN(CC1CNCCN1)C1C2CC3CC(C2)CC1C3. The first-order valence-corrected chi connectivity index (χ1v) is 8.44. The Kier molecular flexibility index (Phi) is 3.33. The van der Waals surface area contributed by atoms with Crippen molar-refractivity contribution >= 4 is 0 Å². The fourth-order valence-corrected chi connectivity index (χ4v) is 5.93. The van der Waals surface area contributed by atoms with Crippen LogP contribution in [0.15, 0.2) is 0 Å². The van der Waals surface area contributed by atoms with Gasteiger partial charge in [-0.3, -0.25) is 0 Å². The van der Waals surface area contributed by atoms with Gasteiger partial charge in [-0.1, -0.05) is 0 Å². The van der Waals surface area contributed by atoms with Crippen molar-refractivity contribution in [2.45, 2.75) is 44.2 Å². The molecule has 4 aliphatic carbocycles. The van der Waals surface area contributed by atoms with Crippen LogP contribution in [-0.4, -0.2) is 50.2 Å². The highest BCUT2D eigenvalue weighted by molar-refractivity contribution is 5.02. The first-order chi connectivity index (χ1) is 9.29. The van der Waals surface area contributed by atoms with Crippen LogP contribution < -0.4 is 10.6 Å². The molecule has 1 heterocycles. The first kappa shape index (κ1) is 12.6. The number of likely N-dealkylation sites (N-methyl/N-ethyl adjacent to an activating group) is 1. The summed E-state index contributed by atoms with van der Waals surface area (Å²) in [6.45, 7) is 4.66. The standard InChI is InChI=1S/C16H29N3/c1-19(10-15-9-17-2-3-18-15)16-13-5-11-4-12(7-13)8-14(16)6-11/h11-18H,2-10H2,1H3. The lowest BCUT2D eigenvalue weighted by Gasteiger charge is -2.57. The van der Waals surface area contributed by atoms with Gasteiger partial charge in [0.1, 0.15) is 0 Å². The molecule has 2 N–H and O–H groups in total. The summed E-state index contributed by atoms with van der Waals surface area (Å²) < 4.78 is 0. The zero-order valence-electron chi connectivity index (χ0n) is 12.3. The van der Waals surface area contributed by atoms with Crippen LogP contribution in [0.3, 0.4) is 0 Å². The second-order valence-corrected chi connectivity index (χ2v) is 7.72. The smallest absolute Gasteiger partial charge is 0.0320 e. The van der Waals surface area contributed by atoms with Gasteiger partial charge in [0.25, 0.3) is 0 Å². The van der Waals surface area contributed by atoms with Gasteiger partial charge in [-0.25, -0.2) is 0 Å². The van der Waals surface area contributed by atoms with Crippen LogP contribution >= 0.6 is 0 Å². The minimum atomic E-state index is 0.663. The van der Waals surface area contributed by atoms with E-state index in [9.17, 15) is 0 Å². The Morgan fingerprint density at radius 1 is 0.947 bits per heavy atom. The molecular formula is C16H29N3. The van der Waals surface area contributed by atoms with Crippen molar-refractivity contribution in [2.24, 2.45) is 23.7 Å². The molecule has 19 heavy (non-hydrogen) atoms. The second kappa shape index (κ2) is 5.01. The maximum absolute atomic E-state index is 3.67. The third-order valence-corrected chi connectivity index (χ3v) is 6.32. The molecule has 4 bridgehead atoms. The maximum atomic E-state index is 3.67. The normalized spacial score (nSPS) is 48.9. The van der Waals surface area contributed by atoms with Crippen molar-refractivity contribution in [1.29, 1.82) is 0 Å². The van der Waals surface area contributed by atoms with E-state index < -0.39 is 0 Å². The number of piperazine rings is 1. The number of nitrogens with zero attached hydrogens (tertiary/aromatic N) is 1. The van der Waals surface area contributed by atoms with Crippen molar-refractivity contribution in [1.82, 2.24) is 15.5 Å². The molecule has 0 aromatic carbocycles. The molecule has 0 radical (unpaired) electrons. The van der Waals surface area contributed by atoms with Gasteiger partial charge in [-0.15, -0.1) is 0 Å². The van der Waals surface area contributed by atoms with Gasteiger partial charge in [0.05, 0.1) is 0 Å². The van der Waals surface area contributed by atoms with Crippen LogP contribution in [-0.2, 0) is 0 Å². The minimum Gasteiger partial charge on any atom is -0.314 e. The van der Waals surface area contributed by atoms with Gasteiger partial charge in [-0.05, 0) is 62.8 Å². The van der Waals surface area contributed by atoms with Gasteiger partial charge in [0, 0.05) is 38.3 Å². The van der Waals surface area contributed by atoms with Crippen LogP contribution in [0.4, 0.5) is 0 Å². The third-order valence-electron chi connectivity index (χ3n) is 6.32. The van der Waals surface area contributed by atoms with Crippen LogP contribution in [0.5, 0.6) is 0 Å². The Bertz CT molecular complexity index is 296. The predicted molar refractivity (Wildman–Crippen MR) is 78.1 cm³/mol. The number of hydrogen-bond acceptors (Lipinski definition) is 3. The quantitative estimate of drug-likeness (QED) is 0.804. The highest BCUT2D eigenvalue weighted by Gasteiger charge is 2.49. The minimum absolute atomic E-state index is 0.663. The number of nitrogens with one attached hydrogen (secondary N) is 2. The Morgan fingerprint density at radius 2 is 1.63 bits per heavy atom. The van der Waals surface area contributed by atoms with Gasteiger partial charge >= 0.3 is 0 Å². The van der Waals surface area contributed by atoms with Crippen LogP contribution in [0.1, 0.15) is 32.1 Å². The average Bonchev–Trinajstić information content (AvgIpc) is 2.38. The summed E-state index contributed by atoms with van der Waals surface area (Å²) in [6, 6.07) is 1.56. The summed E-state index contributed by atoms with van der Waals surface area (Å²) in [7, 11) is 2.39. The summed E-state index contributed by atoms with van der Waals surface area (Å²) in [5, 5.41) is 7.19. The lowest BCUT2D eigenvalue weighted by molar-refractivity contribution is -0.0594. The Labute approximate surface area is 117 Å². The zero-order chi connectivity index (χ0) is 12.8. The molecule has 1 atom stereocenters. The van der Waals surface area contributed by atoms with Crippen molar-refractivity contribution < 1.29 is 0 Å². The van der Waals surface area contributed by atoms with E-state index in [0.29, 0.717) is 6.04 Å². The third kappa shape index (κ3) is 2.34. The molecular weight excluding hydrogens is 234 g/mol. The van der Waals surface area contributed by atoms with Crippen LogP contribution in [0.2, 0.25) is 0 Å². The second-order valence-electron chi connectivity index (χ2n) is 7.72. The van der Waals surface area contributed by atoms with E-state index in [-0.39, 0.29) is 0 Å². The van der Waals surface area contributed by atoms with Crippen LogP contribution in [0, 0.1) is 23.7 Å². The highest BCUT2D eigenvalue weighted by atomic mass is 15.2. The fraction of sp³-hybridized carbons (Fsp3) is 1.00.